The standard InChI is InChI=1S/C32H27N7O3/c1-18(2)25-17-28(39(38-25)21-11-9-19(3)10-12-21)36-32(41)35-24-13-14-26(23-8-6-5-7-22(23)24)42-27-15-16-33-30-29(27)37-31(40)20(4)34-30/h5-17H,1H2,2-4H3,(H,37,40)(H2,35,36,41). The van der Waals surface area contributed by atoms with Crippen LogP contribution in [0.1, 0.15) is 23.9 Å². The van der Waals surface area contributed by atoms with Crippen molar-refractivity contribution in [2.45, 2.75) is 20.8 Å². The van der Waals surface area contributed by atoms with Crippen LogP contribution in [0.5, 0.6) is 11.5 Å². The van der Waals surface area contributed by atoms with Crippen LogP contribution in [0.2, 0.25) is 0 Å². The van der Waals surface area contributed by atoms with Gasteiger partial charge in [-0.1, -0.05) is 48.5 Å². The van der Waals surface area contributed by atoms with E-state index in [0.29, 0.717) is 45.6 Å². The van der Waals surface area contributed by atoms with Gasteiger partial charge in [0.15, 0.2) is 11.4 Å². The highest BCUT2D eigenvalue weighted by molar-refractivity contribution is 6.07. The molecule has 0 radical (unpaired) electrons. The zero-order valence-electron chi connectivity index (χ0n) is 23.2. The molecule has 6 rings (SSSR count). The van der Waals surface area contributed by atoms with Crippen LogP contribution >= 0.6 is 0 Å². The molecule has 6 aromatic rings. The van der Waals surface area contributed by atoms with Gasteiger partial charge in [0.2, 0.25) is 0 Å². The Morgan fingerprint density at radius 3 is 2.48 bits per heavy atom. The fourth-order valence-corrected chi connectivity index (χ4v) is 4.55. The minimum Gasteiger partial charge on any atom is -0.454 e. The topological polar surface area (TPSA) is 127 Å². The number of nitrogens with zero attached hydrogens (tertiary/aromatic N) is 4. The van der Waals surface area contributed by atoms with Crippen LogP contribution < -0.4 is 20.9 Å². The number of fused-ring (bicyclic) bond motifs is 2. The molecule has 3 N–H and O–H groups in total. The van der Waals surface area contributed by atoms with Gasteiger partial charge in [-0.15, -0.1) is 0 Å². The first-order valence-corrected chi connectivity index (χ1v) is 13.2. The van der Waals surface area contributed by atoms with E-state index in [2.05, 4.69) is 37.3 Å². The largest absolute Gasteiger partial charge is 0.454 e. The number of carbonyl (C=O) groups is 1. The van der Waals surface area contributed by atoms with Crippen molar-refractivity contribution in [1.82, 2.24) is 24.7 Å². The summed E-state index contributed by atoms with van der Waals surface area (Å²) in [5, 5.41) is 12.0. The minimum atomic E-state index is -0.436. The van der Waals surface area contributed by atoms with E-state index < -0.39 is 6.03 Å². The number of anilines is 2. The van der Waals surface area contributed by atoms with E-state index in [-0.39, 0.29) is 5.56 Å². The summed E-state index contributed by atoms with van der Waals surface area (Å²) in [5.74, 6) is 1.45. The summed E-state index contributed by atoms with van der Waals surface area (Å²) >= 11 is 0. The van der Waals surface area contributed by atoms with E-state index in [0.717, 1.165) is 27.6 Å². The normalized spacial score (nSPS) is 11.0. The average molecular weight is 558 g/mol. The van der Waals surface area contributed by atoms with Crippen molar-refractivity contribution in [3.8, 4) is 17.2 Å². The molecule has 3 aromatic heterocycles. The molecule has 10 heteroatoms. The van der Waals surface area contributed by atoms with Crippen LogP contribution in [0, 0.1) is 13.8 Å². The molecule has 0 aliphatic rings. The van der Waals surface area contributed by atoms with Gasteiger partial charge in [0.25, 0.3) is 5.56 Å². The number of aromatic nitrogens is 5. The van der Waals surface area contributed by atoms with Gasteiger partial charge >= 0.3 is 6.03 Å². The molecule has 0 unspecified atom stereocenters. The number of urea groups is 1. The highest BCUT2D eigenvalue weighted by Gasteiger charge is 2.16. The molecule has 0 saturated heterocycles. The fourth-order valence-electron chi connectivity index (χ4n) is 4.55. The highest BCUT2D eigenvalue weighted by atomic mass is 16.5. The maximum Gasteiger partial charge on any atom is 0.324 e. The fraction of sp³-hybridized carbons (Fsp3) is 0.0938. The Morgan fingerprint density at radius 2 is 1.71 bits per heavy atom. The number of pyridine rings is 1. The molecule has 10 nitrogen and oxygen atoms in total. The number of nitrogens with one attached hydrogen (secondary N) is 3. The first-order chi connectivity index (χ1) is 20.3. The Balaban J connectivity index is 1.30. The van der Waals surface area contributed by atoms with Crippen molar-refractivity contribution in [3.63, 3.8) is 0 Å². The van der Waals surface area contributed by atoms with Crippen LogP contribution in [0.4, 0.5) is 16.3 Å². The number of hydrogen-bond acceptors (Lipinski definition) is 6. The van der Waals surface area contributed by atoms with Gasteiger partial charge in [0.1, 0.15) is 22.8 Å². The zero-order valence-corrected chi connectivity index (χ0v) is 23.2. The quantitative estimate of drug-likeness (QED) is 0.208. The molecule has 2 amide bonds. The summed E-state index contributed by atoms with van der Waals surface area (Å²) in [6.45, 7) is 9.49. The van der Waals surface area contributed by atoms with Gasteiger partial charge in [-0.2, -0.15) is 5.10 Å². The Bertz CT molecular complexity index is 2060. The summed E-state index contributed by atoms with van der Waals surface area (Å²) in [4.78, 5) is 36.8. The first kappa shape index (κ1) is 26.5. The second-order valence-electron chi connectivity index (χ2n) is 9.94. The predicted molar refractivity (Wildman–Crippen MR) is 165 cm³/mol. The maximum atomic E-state index is 13.3. The molecule has 0 bridgehead atoms. The summed E-state index contributed by atoms with van der Waals surface area (Å²) in [5.41, 5.74) is 4.76. The molecule has 3 aromatic carbocycles. The number of carbonyl (C=O) groups excluding carboxylic acids is 1. The molecular formula is C32H27N7O3. The van der Waals surface area contributed by atoms with Crippen LogP contribution in [0.3, 0.4) is 0 Å². The third-order valence-corrected chi connectivity index (χ3v) is 6.75. The van der Waals surface area contributed by atoms with Crippen molar-refractivity contribution >= 4 is 45.0 Å². The Morgan fingerprint density at radius 1 is 0.952 bits per heavy atom. The summed E-state index contributed by atoms with van der Waals surface area (Å²) in [7, 11) is 0. The molecule has 0 aliphatic heterocycles. The summed E-state index contributed by atoms with van der Waals surface area (Å²) in [6.07, 6.45) is 1.57. The lowest BCUT2D eigenvalue weighted by Crippen LogP contribution is -2.21. The SMILES string of the molecule is C=C(C)c1cc(NC(=O)Nc2ccc(Oc3ccnc4nc(C)c(=O)[nH]c34)c3ccccc23)n(-c2ccc(C)cc2)n1. The van der Waals surface area contributed by atoms with Crippen LogP contribution in [-0.2, 0) is 0 Å². The van der Waals surface area contributed by atoms with Gasteiger partial charge in [-0.25, -0.2) is 19.4 Å². The molecule has 42 heavy (non-hydrogen) atoms. The van der Waals surface area contributed by atoms with Crippen LogP contribution in [0.25, 0.3) is 33.2 Å². The predicted octanol–water partition coefficient (Wildman–Crippen LogP) is 6.74. The first-order valence-electron chi connectivity index (χ1n) is 13.2. The molecular weight excluding hydrogens is 530 g/mol. The molecule has 0 saturated carbocycles. The highest BCUT2D eigenvalue weighted by Crippen LogP contribution is 2.36. The molecule has 0 fully saturated rings. The molecule has 0 aliphatic carbocycles. The summed E-state index contributed by atoms with van der Waals surface area (Å²) < 4.78 is 7.93. The van der Waals surface area contributed by atoms with Crippen molar-refractivity contribution in [2.24, 2.45) is 0 Å². The number of benzene rings is 3. The molecule has 0 spiro atoms. The van der Waals surface area contributed by atoms with Gasteiger partial charge in [0, 0.05) is 29.1 Å². The Hall–Kier alpha value is -5.77. The number of allylic oxidation sites excluding steroid dienone is 1. The number of H-pyrrole nitrogens is 1. The zero-order chi connectivity index (χ0) is 29.4. The summed E-state index contributed by atoms with van der Waals surface area (Å²) in [6, 6.07) is 22.0. The van der Waals surface area contributed by atoms with Gasteiger partial charge < -0.3 is 15.0 Å². The van der Waals surface area contributed by atoms with E-state index in [4.69, 9.17) is 4.74 Å². The average Bonchev–Trinajstić information content (AvgIpc) is 3.39. The molecule has 0 atom stereocenters. The van der Waals surface area contributed by atoms with Crippen LogP contribution in [0.15, 0.2) is 90.4 Å². The van der Waals surface area contributed by atoms with E-state index >= 15 is 0 Å². The monoisotopic (exact) mass is 557 g/mol. The number of aryl methyl sites for hydroxylation is 2. The second-order valence-corrected chi connectivity index (χ2v) is 9.94. The van der Waals surface area contributed by atoms with Crippen molar-refractivity contribution < 1.29 is 9.53 Å². The smallest absolute Gasteiger partial charge is 0.324 e. The number of hydrogen-bond donors (Lipinski definition) is 3. The Labute approximate surface area is 240 Å². The van der Waals surface area contributed by atoms with E-state index in [1.807, 2.05) is 62.4 Å². The number of amides is 2. The van der Waals surface area contributed by atoms with E-state index in [1.54, 1.807) is 42.1 Å². The van der Waals surface area contributed by atoms with E-state index in [9.17, 15) is 9.59 Å². The lowest BCUT2D eigenvalue weighted by Gasteiger charge is -2.15. The lowest BCUT2D eigenvalue weighted by molar-refractivity contribution is 0.262. The van der Waals surface area contributed by atoms with Crippen LogP contribution in [-0.4, -0.2) is 30.8 Å². The Kier molecular flexibility index (Phi) is 6.71. The van der Waals surface area contributed by atoms with Crippen molar-refractivity contribution in [1.29, 1.82) is 0 Å². The lowest BCUT2D eigenvalue weighted by atomic mass is 10.1. The number of ether oxygens (including phenoxy) is 1. The third kappa shape index (κ3) is 5.08. The second kappa shape index (κ2) is 10.7. The molecule has 208 valence electrons. The maximum absolute atomic E-state index is 13.3. The van der Waals surface area contributed by atoms with Crippen molar-refractivity contribution in [3.05, 3.63) is 113 Å². The van der Waals surface area contributed by atoms with E-state index in [1.165, 1.54) is 0 Å². The van der Waals surface area contributed by atoms with Gasteiger partial charge in [-0.05, 0) is 50.6 Å². The minimum absolute atomic E-state index is 0.310. The third-order valence-electron chi connectivity index (χ3n) is 6.75. The van der Waals surface area contributed by atoms with Gasteiger partial charge in [-0.3, -0.25) is 10.1 Å². The van der Waals surface area contributed by atoms with Crippen molar-refractivity contribution in [2.75, 3.05) is 10.6 Å². The van der Waals surface area contributed by atoms with Gasteiger partial charge in [0.05, 0.1) is 17.1 Å². The number of aromatic amines is 1. The molecule has 3 heterocycles. The number of rotatable bonds is 6.